The Kier molecular flexibility index (Phi) is 2.02. The number of rotatable bonds is 2. The van der Waals surface area contributed by atoms with Gasteiger partial charge in [0, 0.05) is 5.02 Å². The van der Waals surface area contributed by atoms with Crippen LogP contribution in [0.15, 0.2) is 30.9 Å². The molecule has 0 aliphatic heterocycles. The van der Waals surface area contributed by atoms with Crippen LogP contribution < -0.4 is 0 Å². The van der Waals surface area contributed by atoms with Gasteiger partial charge < -0.3 is 0 Å². The van der Waals surface area contributed by atoms with Crippen molar-refractivity contribution in [2.24, 2.45) is 0 Å². The molecule has 1 heterocycles. The van der Waals surface area contributed by atoms with Crippen LogP contribution in [0.3, 0.4) is 0 Å². The molecular formula is C9H8ClN3. The third kappa shape index (κ3) is 1.42. The van der Waals surface area contributed by atoms with Gasteiger partial charge in [-0.3, -0.25) is 0 Å². The summed E-state index contributed by atoms with van der Waals surface area (Å²) in [6.07, 6.45) is 1.77. The summed E-state index contributed by atoms with van der Waals surface area (Å²) >= 11 is 5.85. The Balaban J connectivity index is 2.64. The van der Waals surface area contributed by atoms with Crippen LogP contribution in [0, 0.1) is 0 Å². The van der Waals surface area contributed by atoms with Crippen molar-refractivity contribution in [2.75, 3.05) is 0 Å². The number of allylic oxidation sites excluding steroid dienone is 1. The summed E-state index contributed by atoms with van der Waals surface area (Å²) in [4.78, 5) is 0. The van der Waals surface area contributed by atoms with Crippen molar-refractivity contribution in [1.29, 1.82) is 0 Å². The van der Waals surface area contributed by atoms with Gasteiger partial charge >= 0.3 is 0 Å². The largest absolute Gasteiger partial charge is 0.241 e. The van der Waals surface area contributed by atoms with E-state index in [0.29, 0.717) is 11.6 Å². The van der Waals surface area contributed by atoms with E-state index in [4.69, 9.17) is 11.6 Å². The number of aromatic nitrogens is 3. The van der Waals surface area contributed by atoms with Crippen LogP contribution in [-0.2, 0) is 6.54 Å². The smallest absolute Gasteiger partial charge is 0.113 e. The van der Waals surface area contributed by atoms with E-state index in [0.717, 1.165) is 11.0 Å². The molecule has 0 fully saturated rings. The Morgan fingerprint density at radius 1 is 1.54 bits per heavy atom. The first-order valence-corrected chi connectivity index (χ1v) is 4.28. The Bertz CT molecular complexity index is 447. The fraction of sp³-hybridized carbons (Fsp3) is 0.111. The molecule has 4 heteroatoms. The topological polar surface area (TPSA) is 30.7 Å². The van der Waals surface area contributed by atoms with E-state index >= 15 is 0 Å². The lowest BCUT2D eigenvalue weighted by atomic mass is 10.3. The van der Waals surface area contributed by atoms with Crippen molar-refractivity contribution in [3.05, 3.63) is 35.9 Å². The average molecular weight is 194 g/mol. The molecule has 0 amide bonds. The molecule has 0 saturated heterocycles. The van der Waals surface area contributed by atoms with Gasteiger partial charge in [-0.05, 0) is 18.2 Å². The fourth-order valence-electron chi connectivity index (χ4n) is 1.20. The highest BCUT2D eigenvalue weighted by Gasteiger charge is 2.02. The number of benzene rings is 1. The van der Waals surface area contributed by atoms with Gasteiger partial charge in [-0.15, -0.1) is 11.7 Å². The lowest BCUT2D eigenvalue weighted by Gasteiger charge is -1.96. The standard InChI is InChI=1S/C9H8ClN3/c1-2-5-13-9-6-7(10)3-4-8(9)11-12-13/h2-4,6H,1,5H2. The summed E-state index contributed by atoms with van der Waals surface area (Å²) in [6.45, 7) is 4.29. The van der Waals surface area contributed by atoms with E-state index in [-0.39, 0.29) is 0 Å². The summed E-state index contributed by atoms with van der Waals surface area (Å²) in [5, 5.41) is 8.64. The number of hydrogen-bond donors (Lipinski definition) is 0. The van der Waals surface area contributed by atoms with Crippen molar-refractivity contribution in [3.8, 4) is 0 Å². The molecule has 1 aromatic carbocycles. The van der Waals surface area contributed by atoms with E-state index in [1.165, 1.54) is 0 Å². The van der Waals surface area contributed by atoms with Gasteiger partial charge in [0.25, 0.3) is 0 Å². The first-order chi connectivity index (χ1) is 6.31. The maximum atomic E-state index is 5.85. The zero-order valence-electron chi connectivity index (χ0n) is 6.94. The maximum Gasteiger partial charge on any atom is 0.113 e. The molecule has 1 aromatic heterocycles. The predicted molar refractivity (Wildman–Crippen MR) is 52.7 cm³/mol. The van der Waals surface area contributed by atoms with Crippen LogP contribution in [0.1, 0.15) is 0 Å². The van der Waals surface area contributed by atoms with Gasteiger partial charge in [-0.2, -0.15) is 0 Å². The van der Waals surface area contributed by atoms with Gasteiger partial charge in [0.2, 0.25) is 0 Å². The van der Waals surface area contributed by atoms with Crippen LogP contribution in [0.25, 0.3) is 11.0 Å². The highest BCUT2D eigenvalue weighted by molar-refractivity contribution is 6.31. The van der Waals surface area contributed by atoms with Crippen LogP contribution >= 0.6 is 11.6 Å². The molecule has 2 rings (SSSR count). The molecule has 0 bridgehead atoms. The van der Waals surface area contributed by atoms with Gasteiger partial charge in [0.05, 0.1) is 12.1 Å². The predicted octanol–water partition coefficient (Wildman–Crippen LogP) is 2.27. The molecule has 66 valence electrons. The van der Waals surface area contributed by atoms with Crippen molar-refractivity contribution in [1.82, 2.24) is 15.0 Å². The zero-order valence-corrected chi connectivity index (χ0v) is 7.70. The van der Waals surface area contributed by atoms with Crippen molar-refractivity contribution in [3.63, 3.8) is 0 Å². The molecule has 0 N–H and O–H groups in total. The third-order valence-electron chi connectivity index (χ3n) is 1.78. The number of nitrogens with zero attached hydrogens (tertiary/aromatic N) is 3. The second-order valence-electron chi connectivity index (χ2n) is 2.69. The van der Waals surface area contributed by atoms with E-state index in [1.807, 2.05) is 12.1 Å². The maximum absolute atomic E-state index is 5.85. The van der Waals surface area contributed by atoms with Crippen LogP contribution in [0.2, 0.25) is 5.02 Å². The summed E-state index contributed by atoms with van der Waals surface area (Å²) in [7, 11) is 0. The monoisotopic (exact) mass is 193 g/mol. The SMILES string of the molecule is C=CCn1nnc2ccc(Cl)cc21. The quantitative estimate of drug-likeness (QED) is 0.685. The molecule has 3 nitrogen and oxygen atoms in total. The minimum Gasteiger partial charge on any atom is -0.241 e. The normalized spacial score (nSPS) is 10.5. The molecule has 0 aliphatic rings. The first-order valence-electron chi connectivity index (χ1n) is 3.91. The molecular weight excluding hydrogens is 186 g/mol. The van der Waals surface area contributed by atoms with Crippen molar-refractivity contribution < 1.29 is 0 Å². The lowest BCUT2D eigenvalue weighted by Crippen LogP contribution is -1.96. The van der Waals surface area contributed by atoms with Crippen molar-refractivity contribution in [2.45, 2.75) is 6.54 Å². The molecule has 0 radical (unpaired) electrons. The number of fused-ring (bicyclic) bond motifs is 1. The summed E-state index contributed by atoms with van der Waals surface area (Å²) in [6, 6.07) is 5.50. The third-order valence-corrected chi connectivity index (χ3v) is 2.01. The Hall–Kier alpha value is -1.35. The second kappa shape index (κ2) is 3.18. The Morgan fingerprint density at radius 3 is 3.15 bits per heavy atom. The second-order valence-corrected chi connectivity index (χ2v) is 3.13. The van der Waals surface area contributed by atoms with Crippen LogP contribution in [0.5, 0.6) is 0 Å². The van der Waals surface area contributed by atoms with E-state index in [2.05, 4.69) is 16.9 Å². The van der Waals surface area contributed by atoms with Gasteiger partial charge in [0.15, 0.2) is 0 Å². The minimum absolute atomic E-state index is 0.650. The highest BCUT2D eigenvalue weighted by Crippen LogP contribution is 2.16. The molecule has 0 atom stereocenters. The van der Waals surface area contributed by atoms with Gasteiger partial charge in [0.1, 0.15) is 5.52 Å². The van der Waals surface area contributed by atoms with Crippen LogP contribution in [0.4, 0.5) is 0 Å². The van der Waals surface area contributed by atoms with Crippen molar-refractivity contribution >= 4 is 22.6 Å². The van der Waals surface area contributed by atoms with Gasteiger partial charge in [-0.25, -0.2) is 4.68 Å². The molecule has 0 aliphatic carbocycles. The Morgan fingerprint density at radius 2 is 2.38 bits per heavy atom. The summed E-state index contributed by atoms with van der Waals surface area (Å²) < 4.78 is 1.76. The highest BCUT2D eigenvalue weighted by atomic mass is 35.5. The van der Waals surface area contributed by atoms with E-state index < -0.39 is 0 Å². The molecule has 13 heavy (non-hydrogen) atoms. The average Bonchev–Trinajstić information content (AvgIpc) is 2.49. The molecule has 0 spiro atoms. The van der Waals surface area contributed by atoms with Crippen LogP contribution in [-0.4, -0.2) is 15.0 Å². The molecule has 2 aromatic rings. The number of hydrogen-bond acceptors (Lipinski definition) is 2. The fourth-order valence-corrected chi connectivity index (χ4v) is 1.36. The van der Waals surface area contributed by atoms with E-state index in [1.54, 1.807) is 16.8 Å². The first kappa shape index (κ1) is 8.26. The zero-order chi connectivity index (χ0) is 9.26. The summed E-state index contributed by atoms with van der Waals surface area (Å²) in [5.74, 6) is 0. The van der Waals surface area contributed by atoms with Gasteiger partial charge in [-0.1, -0.05) is 22.9 Å². The number of halogens is 1. The van der Waals surface area contributed by atoms with E-state index in [9.17, 15) is 0 Å². The minimum atomic E-state index is 0.650. The summed E-state index contributed by atoms with van der Waals surface area (Å²) in [5.41, 5.74) is 1.79. The molecule has 0 saturated carbocycles. The Labute approximate surface area is 80.6 Å². The molecule has 0 unspecified atom stereocenters. The lowest BCUT2D eigenvalue weighted by molar-refractivity contribution is 0.683.